The van der Waals surface area contributed by atoms with E-state index in [4.69, 9.17) is 37.9 Å². The van der Waals surface area contributed by atoms with E-state index in [1.54, 1.807) is 0 Å². The standard InChI is InChI=1S/C27H33Cl2N7O3Si/c1-40(2,3)9-8-39-14-35-13-19(18-6-7-20-22(23(18)28)25(29)34-33-20)24-26(35)32-21(12-30-24)36-16-4-5-17(36)11-15(10-16)31-27(37)38/h6-7,12-13,15-17,31H,4-5,8-11,14H2,1-3H3,(H,33,34)(H,37,38)/t15?,16-,17+. The number of carboxylic acid groups (broad SMARTS) is 1. The Kier molecular flexibility index (Phi) is 7.18. The first-order chi connectivity index (χ1) is 19.1. The zero-order valence-corrected chi connectivity index (χ0v) is 25.3. The molecule has 2 aliphatic heterocycles. The van der Waals surface area contributed by atoms with Gasteiger partial charge in [-0.1, -0.05) is 48.9 Å². The summed E-state index contributed by atoms with van der Waals surface area (Å²) in [4.78, 5) is 23.6. The number of carbonyl (C=O) groups is 1. The Balaban J connectivity index is 1.38. The molecule has 1 aromatic carbocycles. The predicted octanol–water partition coefficient (Wildman–Crippen LogP) is 6.36. The van der Waals surface area contributed by atoms with Gasteiger partial charge in [-0.3, -0.25) is 5.10 Å². The summed E-state index contributed by atoms with van der Waals surface area (Å²) in [5, 5.41) is 20.5. The predicted molar refractivity (Wildman–Crippen MR) is 160 cm³/mol. The Hall–Kier alpha value is -2.86. The smallest absolute Gasteiger partial charge is 0.404 e. The summed E-state index contributed by atoms with van der Waals surface area (Å²) in [6.07, 6.45) is 6.40. The third kappa shape index (κ3) is 5.15. The van der Waals surface area contributed by atoms with Gasteiger partial charge in [-0.2, -0.15) is 5.10 Å². The SMILES string of the molecule is C[Si](C)(C)CCOCn1cc(-c2ccc3n[nH]c(Cl)c3c2Cl)c2ncc(N3[C@@H]4CC[C@H]3CC(NC(=O)O)C4)nc21. The van der Waals surface area contributed by atoms with Gasteiger partial charge < -0.3 is 24.6 Å². The number of piperidine rings is 1. The number of aromatic amines is 1. The second-order valence-corrected chi connectivity index (χ2v) is 18.4. The Morgan fingerprint density at radius 1 is 1.20 bits per heavy atom. The van der Waals surface area contributed by atoms with Crippen LogP contribution >= 0.6 is 23.2 Å². The van der Waals surface area contributed by atoms with Crippen molar-refractivity contribution in [3.05, 3.63) is 34.7 Å². The molecule has 0 spiro atoms. The number of amides is 1. The van der Waals surface area contributed by atoms with Crippen LogP contribution in [0.25, 0.3) is 33.2 Å². The largest absolute Gasteiger partial charge is 0.465 e. The molecule has 2 fully saturated rings. The van der Waals surface area contributed by atoms with E-state index < -0.39 is 14.2 Å². The summed E-state index contributed by atoms with van der Waals surface area (Å²) in [7, 11) is -1.23. The Bertz CT molecular complexity index is 1570. The van der Waals surface area contributed by atoms with Gasteiger partial charge in [0.1, 0.15) is 23.2 Å². The van der Waals surface area contributed by atoms with Gasteiger partial charge in [0.25, 0.3) is 0 Å². The van der Waals surface area contributed by atoms with Crippen LogP contribution < -0.4 is 10.2 Å². The first-order valence-corrected chi connectivity index (χ1v) is 18.1. The van der Waals surface area contributed by atoms with Gasteiger partial charge >= 0.3 is 6.09 Å². The van der Waals surface area contributed by atoms with Gasteiger partial charge in [-0.05, 0) is 37.8 Å². The topological polar surface area (TPSA) is 121 Å². The van der Waals surface area contributed by atoms with Crippen LogP contribution in [0.5, 0.6) is 0 Å². The molecule has 3 N–H and O–H groups in total. The molecule has 6 rings (SSSR count). The minimum absolute atomic E-state index is 0.0371. The van der Waals surface area contributed by atoms with E-state index in [1.807, 2.05) is 29.1 Å². The molecule has 40 heavy (non-hydrogen) atoms. The first kappa shape index (κ1) is 27.3. The van der Waals surface area contributed by atoms with Crippen LogP contribution in [0.15, 0.2) is 24.5 Å². The van der Waals surface area contributed by atoms with Gasteiger partial charge in [0, 0.05) is 50.1 Å². The fraction of sp³-hybridized carbons (Fsp3) is 0.481. The number of anilines is 1. The maximum Gasteiger partial charge on any atom is 0.404 e. The van der Waals surface area contributed by atoms with E-state index in [0.717, 1.165) is 59.8 Å². The lowest BCUT2D eigenvalue weighted by molar-refractivity contribution is 0.0899. The van der Waals surface area contributed by atoms with Crippen LogP contribution in [0, 0.1) is 0 Å². The van der Waals surface area contributed by atoms with E-state index in [9.17, 15) is 9.90 Å². The molecule has 2 bridgehead atoms. The molecule has 2 saturated heterocycles. The molecular weight excluding hydrogens is 569 g/mol. The highest BCUT2D eigenvalue weighted by Gasteiger charge is 2.42. The number of benzene rings is 1. The van der Waals surface area contributed by atoms with E-state index in [0.29, 0.717) is 34.4 Å². The third-order valence-corrected chi connectivity index (χ3v) is 10.4. The number of rotatable bonds is 8. The number of fused-ring (bicyclic) bond motifs is 4. The molecule has 3 atom stereocenters. The van der Waals surface area contributed by atoms with Crippen molar-refractivity contribution in [3.8, 4) is 11.1 Å². The van der Waals surface area contributed by atoms with Gasteiger partial charge in [0.05, 0.1) is 22.1 Å². The van der Waals surface area contributed by atoms with Gasteiger partial charge in [0.15, 0.2) is 5.65 Å². The van der Waals surface area contributed by atoms with Crippen molar-refractivity contribution in [2.45, 2.75) is 76.2 Å². The molecule has 5 heterocycles. The molecule has 3 aromatic heterocycles. The number of hydrogen-bond donors (Lipinski definition) is 3. The summed E-state index contributed by atoms with van der Waals surface area (Å²) in [5.74, 6) is 0.807. The van der Waals surface area contributed by atoms with Crippen molar-refractivity contribution in [3.63, 3.8) is 0 Å². The van der Waals surface area contributed by atoms with Crippen molar-refractivity contribution >= 4 is 65.3 Å². The van der Waals surface area contributed by atoms with Crippen LogP contribution in [-0.4, -0.2) is 68.7 Å². The molecule has 10 nitrogen and oxygen atoms in total. The minimum Gasteiger partial charge on any atom is -0.465 e. The maximum atomic E-state index is 11.2. The fourth-order valence-corrected chi connectivity index (χ4v) is 7.48. The third-order valence-electron chi connectivity index (χ3n) is 8.01. The highest BCUT2D eigenvalue weighted by molar-refractivity contribution is 6.76. The summed E-state index contributed by atoms with van der Waals surface area (Å²) >= 11 is 13.2. The first-order valence-electron chi connectivity index (χ1n) is 13.6. The number of aromatic nitrogens is 5. The van der Waals surface area contributed by atoms with Crippen molar-refractivity contribution < 1.29 is 14.6 Å². The number of halogens is 2. The van der Waals surface area contributed by atoms with E-state index in [2.05, 4.69) is 40.1 Å². The maximum absolute atomic E-state index is 11.2. The molecule has 0 aliphatic carbocycles. The van der Waals surface area contributed by atoms with Crippen molar-refractivity contribution in [2.75, 3.05) is 11.5 Å². The van der Waals surface area contributed by atoms with Crippen LogP contribution in [0.3, 0.4) is 0 Å². The average Bonchev–Trinajstić information content (AvgIpc) is 3.53. The zero-order valence-electron chi connectivity index (χ0n) is 22.7. The van der Waals surface area contributed by atoms with Gasteiger partial charge in [-0.15, -0.1) is 0 Å². The number of H-pyrrole nitrogens is 1. The van der Waals surface area contributed by atoms with Crippen LogP contribution in [0.1, 0.15) is 25.7 Å². The Morgan fingerprint density at radius 2 is 1.95 bits per heavy atom. The molecule has 1 unspecified atom stereocenters. The minimum atomic E-state index is -1.23. The highest BCUT2D eigenvalue weighted by Crippen LogP contribution is 2.42. The quantitative estimate of drug-likeness (QED) is 0.159. The second kappa shape index (κ2) is 10.5. The summed E-state index contributed by atoms with van der Waals surface area (Å²) < 4.78 is 8.14. The summed E-state index contributed by atoms with van der Waals surface area (Å²) in [5.41, 5.74) is 3.79. The molecule has 2 aliphatic rings. The molecule has 0 saturated carbocycles. The number of nitrogens with zero attached hydrogens (tertiary/aromatic N) is 5. The lowest BCUT2D eigenvalue weighted by atomic mass is 9.97. The molecule has 4 aromatic rings. The van der Waals surface area contributed by atoms with E-state index >= 15 is 0 Å². The average molecular weight is 603 g/mol. The lowest BCUT2D eigenvalue weighted by Crippen LogP contribution is -2.50. The summed E-state index contributed by atoms with van der Waals surface area (Å²) in [6.45, 7) is 8.03. The normalized spacial score (nSPS) is 21.0. The number of hydrogen-bond acceptors (Lipinski definition) is 6. The Morgan fingerprint density at radius 3 is 2.65 bits per heavy atom. The van der Waals surface area contributed by atoms with Crippen LogP contribution in [0.4, 0.5) is 10.6 Å². The van der Waals surface area contributed by atoms with Crippen molar-refractivity contribution in [1.82, 2.24) is 30.0 Å². The second-order valence-electron chi connectivity index (χ2n) is 12.0. The van der Waals surface area contributed by atoms with Gasteiger partial charge in [0.2, 0.25) is 0 Å². The summed E-state index contributed by atoms with van der Waals surface area (Å²) in [6, 6.07) is 5.30. The molecule has 13 heteroatoms. The van der Waals surface area contributed by atoms with Crippen LogP contribution in [-0.2, 0) is 11.5 Å². The van der Waals surface area contributed by atoms with Crippen LogP contribution in [0.2, 0.25) is 35.9 Å². The van der Waals surface area contributed by atoms with E-state index in [1.165, 1.54) is 0 Å². The van der Waals surface area contributed by atoms with E-state index in [-0.39, 0.29) is 18.1 Å². The Labute approximate surface area is 243 Å². The fourth-order valence-electron chi connectivity index (χ4n) is 6.08. The number of ether oxygens (including phenoxy) is 1. The lowest BCUT2D eigenvalue weighted by Gasteiger charge is -2.39. The molecule has 212 valence electrons. The molecular formula is C27H33Cl2N7O3Si. The highest BCUT2D eigenvalue weighted by atomic mass is 35.5. The molecule has 0 radical (unpaired) electrons. The molecule has 1 amide bonds. The number of nitrogens with one attached hydrogen (secondary N) is 2. The van der Waals surface area contributed by atoms with Crippen molar-refractivity contribution in [2.24, 2.45) is 0 Å². The monoisotopic (exact) mass is 601 g/mol. The van der Waals surface area contributed by atoms with Crippen molar-refractivity contribution in [1.29, 1.82) is 0 Å². The zero-order chi connectivity index (χ0) is 28.2. The van der Waals surface area contributed by atoms with Gasteiger partial charge in [-0.25, -0.2) is 14.8 Å².